The van der Waals surface area contributed by atoms with Gasteiger partial charge in [-0.1, -0.05) is 37.1 Å². The maximum atomic E-state index is 13.7. The first-order chi connectivity index (χ1) is 24.5. The molecule has 2 aromatic carbocycles. The number of carbonyl (C=O) groups is 6. The SMILES string of the molecule is CCCCOC(=O)N1CCN(C(=O)C(CCC(=O)O)NC(=O)c2cc(OCC(=O)N3CCCC3C(=O)NC3CCC3)c3ccc(C)cc3c2)CC1. The number of hydrogen-bond donors (Lipinski definition) is 3. The fraction of sp³-hybridized carbons (Fsp3) is 0.568. The Morgan fingerprint density at radius 3 is 2.37 bits per heavy atom. The summed E-state index contributed by atoms with van der Waals surface area (Å²) in [6.45, 7) is 5.28. The number of unbranched alkanes of at least 4 members (excludes halogenated alkanes) is 1. The molecular formula is C37H49N5O9. The van der Waals surface area contributed by atoms with Crippen LogP contribution in [-0.4, -0.2) is 120 Å². The number of piperazine rings is 1. The monoisotopic (exact) mass is 707 g/mol. The summed E-state index contributed by atoms with van der Waals surface area (Å²) in [5.74, 6) is -2.33. The normalized spacial score (nSPS) is 18.2. The lowest BCUT2D eigenvalue weighted by Gasteiger charge is -2.36. The number of nitrogens with one attached hydrogen (secondary N) is 2. The van der Waals surface area contributed by atoms with Crippen LogP contribution < -0.4 is 15.4 Å². The molecule has 3 N–H and O–H groups in total. The van der Waals surface area contributed by atoms with Gasteiger partial charge in [-0.15, -0.1) is 0 Å². The highest BCUT2D eigenvalue weighted by Gasteiger charge is 2.36. The molecule has 51 heavy (non-hydrogen) atoms. The minimum absolute atomic E-state index is 0.130. The van der Waals surface area contributed by atoms with Gasteiger partial charge >= 0.3 is 12.1 Å². The average Bonchev–Trinajstić information content (AvgIpc) is 3.60. The van der Waals surface area contributed by atoms with E-state index in [1.807, 2.05) is 32.0 Å². The summed E-state index contributed by atoms with van der Waals surface area (Å²) in [4.78, 5) is 82.1. The minimum Gasteiger partial charge on any atom is -0.483 e. The molecule has 2 saturated heterocycles. The van der Waals surface area contributed by atoms with E-state index in [9.17, 15) is 33.9 Å². The van der Waals surface area contributed by atoms with Gasteiger partial charge in [0.05, 0.1) is 6.61 Å². The quantitative estimate of drug-likeness (QED) is 0.249. The Balaban J connectivity index is 1.27. The second-order valence-electron chi connectivity index (χ2n) is 13.6. The molecule has 3 aliphatic rings. The van der Waals surface area contributed by atoms with E-state index in [4.69, 9.17) is 9.47 Å². The number of carboxylic acids is 1. The van der Waals surface area contributed by atoms with E-state index in [-0.39, 0.29) is 74.8 Å². The standard InChI is InChI=1S/C37H49N5O9/c1-3-4-19-50-37(49)41-17-15-40(16-18-41)36(48)29(12-13-33(44)45)39-34(46)26-21-25-20-24(2)10-11-28(25)31(22-26)51-23-32(43)42-14-6-9-30(42)35(47)38-27-7-5-8-27/h10-11,20-22,27,29-30H,3-9,12-19,23H2,1-2H3,(H,38,47)(H,39,46)(H,44,45). The van der Waals surface area contributed by atoms with Crippen LogP contribution in [0.4, 0.5) is 4.79 Å². The molecule has 2 unspecified atom stereocenters. The molecule has 3 fully saturated rings. The molecule has 1 saturated carbocycles. The topological polar surface area (TPSA) is 175 Å². The first-order valence-corrected chi connectivity index (χ1v) is 18.0. The molecule has 14 nitrogen and oxygen atoms in total. The zero-order chi connectivity index (χ0) is 36.5. The molecule has 0 aromatic heterocycles. The van der Waals surface area contributed by atoms with E-state index in [0.717, 1.165) is 44.1 Å². The van der Waals surface area contributed by atoms with E-state index >= 15 is 0 Å². The molecule has 1 aliphatic carbocycles. The molecule has 0 radical (unpaired) electrons. The summed E-state index contributed by atoms with van der Waals surface area (Å²) in [7, 11) is 0. The maximum Gasteiger partial charge on any atom is 0.409 e. The molecule has 276 valence electrons. The number of aryl methyl sites for hydroxylation is 1. The van der Waals surface area contributed by atoms with Gasteiger partial charge in [-0.2, -0.15) is 0 Å². The first kappa shape index (κ1) is 37.4. The molecule has 5 amide bonds. The lowest BCUT2D eigenvalue weighted by atomic mass is 9.93. The summed E-state index contributed by atoms with van der Waals surface area (Å²) < 4.78 is 11.3. The van der Waals surface area contributed by atoms with Gasteiger partial charge in [0.2, 0.25) is 11.8 Å². The van der Waals surface area contributed by atoms with Gasteiger partial charge in [0.1, 0.15) is 17.8 Å². The minimum atomic E-state index is -1.13. The largest absolute Gasteiger partial charge is 0.483 e. The van der Waals surface area contributed by atoms with Crippen LogP contribution in [0.25, 0.3) is 10.8 Å². The third kappa shape index (κ3) is 9.67. The summed E-state index contributed by atoms with van der Waals surface area (Å²) in [6.07, 6.45) is 5.05. The molecule has 2 aliphatic heterocycles. The van der Waals surface area contributed by atoms with Gasteiger partial charge in [0.15, 0.2) is 6.61 Å². The number of carboxylic acid groups (broad SMARTS) is 1. The predicted octanol–water partition coefficient (Wildman–Crippen LogP) is 3.23. The zero-order valence-corrected chi connectivity index (χ0v) is 29.5. The number of amides is 5. The van der Waals surface area contributed by atoms with E-state index in [2.05, 4.69) is 10.6 Å². The van der Waals surface area contributed by atoms with Crippen molar-refractivity contribution in [3.8, 4) is 5.75 Å². The Kier molecular flexibility index (Phi) is 12.7. The molecule has 0 spiro atoms. The summed E-state index contributed by atoms with van der Waals surface area (Å²) >= 11 is 0. The number of aliphatic carboxylic acids is 1. The van der Waals surface area contributed by atoms with Crippen molar-refractivity contribution in [3.63, 3.8) is 0 Å². The number of ether oxygens (including phenoxy) is 2. The van der Waals surface area contributed by atoms with Crippen molar-refractivity contribution >= 4 is 46.5 Å². The third-order valence-electron chi connectivity index (χ3n) is 9.83. The van der Waals surface area contributed by atoms with Crippen LogP contribution in [0, 0.1) is 6.92 Å². The van der Waals surface area contributed by atoms with Crippen LogP contribution in [0.5, 0.6) is 5.75 Å². The smallest absolute Gasteiger partial charge is 0.409 e. The lowest BCUT2D eigenvalue weighted by molar-refractivity contribution is -0.140. The fourth-order valence-corrected chi connectivity index (χ4v) is 6.61. The van der Waals surface area contributed by atoms with E-state index < -0.39 is 36.0 Å². The van der Waals surface area contributed by atoms with Gasteiger partial charge in [-0.05, 0) is 69.4 Å². The van der Waals surface area contributed by atoms with E-state index in [0.29, 0.717) is 30.3 Å². The number of benzene rings is 2. The van der Waals surface area contributed by atoms with Crippen molar-refractivity contribution in [2.24, 2.45) is 0 Å². The number of nitrogens with zero attached hydrogens (tertiary/aromatic N) is 3. The van der Waals surface area contributed by atoms with E-state index in [1.54, 1.807) is 11.0 Å². The summed E-state index contributed by atoms with van der Waals surface area (Å²) in [5.41, 5.74) is 1.10. The summed E-state index contributed by atoms with van der Waals surface area (Å²) in [6, 6.07) is 7.28. The van der Waals surface area contributed by atoms with Crippen LogP contribution >= 0.6 is 0 Å². The Morgan fingerprint density at radius 1 is 0.941 bits per heavy atom. The molecule has 0 bridgehead atoms. The molecular weight excluding hydrogens is 658 g/mol. The van der Waals surface area contributed by atoms with Crippen molar-refractivity contribution in [2.75, 3.05) is 45.9 Å². The highest BCUT2D eigenvalue weighted by atomic mass is 16.6. The number of likely N-dealkylation sites (tertiary alicyclic amines) is 1. The molecule has 5 rings (SSSR count). The van der Waals surface area contributed by atoms with Crippen LogP contribution in [0.15, 0.2) is 30.3 Å². The van der Waals surface area contributed by atoms with Crippen molar-refractivity contribution in [1.82, 2.24) is 25.3 Å². The molecule has 14 heteroatoms. The average molecular weight is 708 g/mol. The molecule has 2 heterocycles. The van der Waals surface area contributed by atoms with Gasteiger partial charge in [-0.3, -0.25) is 24.0 Å². The lowest BCUT2D eigenvalue weighted by Crippen LogP contribution is -2.56. The van der Waals surface area contributed by atoms with Crippen LogP contribution in [0.3, 0.4) is 0 Å². The number of rotatable bonds is 14. The highest BCUT2D eigenvalue weighted by Crippen LogP contribution is 2.30. The zero-order valence-electron chi connectivity index (χ0n) is 29.5. The number of carbonyl (C=O) groups excluding carboxylic acids is 5. The van der Waals surface area contributed by atoms with Gasteiger partial charge in [-0.25, -0.2) is 4.79 Å². The predicted molar refractivity (Wildman–Crippen MR) is 187 cm³/mol. The van der Waals surface area contributed by atoms with Crippen molar-refractivity contribution < 1.29 is 43.3 Å². The Bertz CT molecular complexity index is 1620. The fourth-order valence-electron chi connectivity index (χ4n) is 6.61. The Hall–Kier alpha value is -4.88. The molecule has 2 aromatic rings. The van der Waals surface area contributed by atoms with Gasteiger partial charge in [0.25, 0.3) is 11.8 Å². The Morgan fingerprint density at radius 2 is 1.69 bits per heavy atom. The van der Waals surface area contributed by atoms with Gasteiger partial charge in [0, 0.05) is 56.1 Å². The van der Waals surface area contributed by atoms with Crippen molar-refractivity contribution in [3.05, 3.63) is 41.5 Å². The van der Waals surface area contributed by atoms with Crippen LogP contribution in [0.1, 0.15) is 80.6 Å². The molecule has 2 atom stereocenters. The highest BCUT2D eigenvalue weighted by molar-refractivity contribution is 6.03. The third-order valence-corrected chi connectivity index (χ3v) is 9.83. The van der Waals surface area contributed by atoms with Crippen LogP contribution in [0.2, 0.25) is 0 Å². The number of fused-ring (bicyclic) bond motifs is 1. The number of hydrogen-bond acceptors (Lipinski definition) is 8. The van der Waals surface area contributed by atoms with Crippen molar-refractivity contribution in [1.29, 1.82) is 0 Å². The Labute approximate surface area is 297 Å². The first-order valence-electron chi connectivity index (χ1n) is 18.0. The second kappa shape index (κ2) is 17.4. The van der Waals surface area contributed by atoms with Gasteiger partial charge < -0.3 is 39.9 Å². The summed E-state index contributed by atoms with van der Waals surface area (Å²) in [5, 5.41) is 16.5. The maximum absolute atomic E-state index is 13.7. The van der Waals surface area contributed by atoms with E-state index in [1.165, 1.54) is 15.9 Å². The second-order valence-corrected chi connectivity index (χ2v) is 13.6. The van der Waals surface area contributed by atoms with Crippen LogP contribution in [-0.2, 0) is 23.9 Å². The van der Waals surface area contributed by atoms with Crippen molar-refractivity contribution in [2.45, 2.75) is 89.8 Å².